The van der Waals surface area contributed by atoms with Crippen molar-refractivity contribution in [3.05, 3.63) is 24.3 Å². The molecule has 0 aromatic heterocycles. The molecule has 1 aromatic carbocycles. The van der Waals surface area contributed by atoms with Crippen molar-refractivity contribution in [2.24, 2.45) is 5.92 Å². The van der Waals surface area contributed by atoms with Crippen LogP contribution in [0.25, 0.3) is 0 Å². The molecule has 5 heteroatoms. The van der Waals surface area contributed by atoms with Crippen LogP contribution in [0.4, 0.5) is 11.4 Å². The van der Waals surface area contributed by atoms with Crippen molar-refractivity contribution in [3.63, 3.8) is 0 Å². The largest absolute Gasteiger partial charge is 0.486 e. The van der Waals surface area contributed by atoms with Gasteiger partial charge in [-0.3, -0.25) is 4.79 Å². The van der Waals surface area contributed by atoms with Crippen molar-refractivity contribution in [1.82, 2.24) is 0 Å². The Morgan fingerprint density at radius 3 is 2.56 bits per heavy atom. The number of rotatable bonds is 5. The number of nitrogens with one attached hydrogen (secondary N) is 2. The Hall–Kier alpha value is -1.62. The van der Waals surface area contributed by atoms with Crippen molar-refractivity contribution in [2.75, 3.05) is 10.6 Å². The second-order valence-electron chi connectivity index (χ2n) is 4.19. The molecule has 1 aromatic rings. The van der Waals surface area contributed by atoms with E-state index in [1.54, 1.807) is 24.3 Å². The molecule has 0 aliphatic carbocycles. The minimum atomic E-state index is -0.294. The van der Waals surface area contributed by atoms with Crippen LogP contribution in [-0.4, -0.2) is 16.2 Å². The second kappa shape index (κ2) is 6.96. The lowest BCUT2D eigenvalue weighted by atomic mass is 10.1. The van der Waals surface area contributed by atoms with E-state index in [0.717, 1.165) is 12.8 Å². The Kier molecular flexibility index (Phi) is 5.58. The van der Waals surface area contributed by atoms with Crippen LogP contribution in [0.15, 0.2) is 24.3 Å². The second-order valence-corrected chi connectivity index (χ2v) is 4.58. The van der Waals surface area contributed by atoms with Gasteiger partial charge in [0.05, 0.1) is 0 Å². The number of aliphatic hydroxyl groups excluding tert-OH is 1. The summed E-state index contributed by atoms with van der Waals surface area (Å²) in [4.78, 5) is 11.8. The van der Waals surface area contributed by atoms with Gasteiger partial charge in [0.25, 0.3) is 5.17 Å². The normalized spacial score (nSPS) is 11.7. The van der Waals surface area contributed by atoms with E-state index >= 15 is 0 Å². The molecule has 3 N–H and O–H groups in total. The molecule has 0 aliphatic heterocycles. The lowest BCUT2D eigenvalue weighted by Gasteiger charge is -2.12. The maximum atomic E-state index is 11.8. The van der Waals surface area contributed by atoms with Crippen LogP contribution in [0, 0.1) is 5.92 Å². The average Bonchev–Trinajstić information content (AvgIpc) is 2.28. The molecule has 0 radical (unpaired) electrons. The maximum absolute atomic E-state index is 11.8. The first kappa shape index (κ1) is 14.4. The van der Waals surface area contributed by atoms with Gasteiger partial charge in [-0.05, 0) is 36.8 Å². The molecule has 98 valence electrons. The van der Waals surface area contributed by atoms with Gasteiger partial charge in [0, 0.05) is 17.3 Å². The van der Waals surface area contributed by atoms with Gasteiger partial charge in [-0.25, -0.2) is 0 Å². The molecule has 1 atom stereocenters. The molecular formula is C13H18N2O2S. The van der Waals surface area contributed by atoms with Gasteiger partial charge in [0.2, 0.25) is 5.91 Å². The molecule has 1 unspecified atom stereocenters. The molecule has 0 fully saturated rings. The number of thiocarbonyl (C=S) groups is 1. The average molecular weight is 266 g/mol. The molecule has 0 saturated carbocycles. The number of benzene rings is 1. The summed E-state index contributed by atoms with van der Waals surface area (Å²) < 4.78 is 0. The molecular weight excluding hydrogens is 248 g/mol. The number of hydrogen-bond donors (Lipinski definition) is 3. The van der Waals surface area contributed by atoms with Gasteiger partial charge >= 0.3 is 0 Å². The highest BCUT2D eigenvalue weighted by Gasteiger charge is 2.11. The molecule has 1 rings (SSSR count). The maximum Gasteiger partial charge on any atom is 0.258 e. The summed E-state index contributed by atoms with van der Waals surface area (Å²) in [5.74, 6) is -0.00823. The summed E-state index contributed by atoms with van der Waals surface area (Å²) in [5.41, 5.74) is 1.33. The summed E-state index contributed by atoms with van der Waals surface area (Å²) in [5, 5.41) is 14.1. The fourth-order valence-corrected chi connectivity index (χ4v) is 1.75. The third-order valence-electron chi connectivity index (χ3n) is 2.55. The zero-order valence-electron chi connectivity index (χ0n) is 10.6. The highest BCUT2D eigenvalue weighted by atomic mass is 32.1. The smallest absolute Gasteiger partial charge is 0.258 e. The van der Waals surface area contributed by atoms with Crippen LogP contribution in [0.1, 0.15) is 26.7 Å². The van der Waals surface area contributed by atoms with Crippen molar-refractivity contribution in [1.29, 1.82) is 0 Å². The van der Waals surface area contributed by atoms with Gasteiger partial charge in [-0.15, -0.1) is 0 Å². The van der Waals surface area contributed by atoms with Gasteiger partial charge in [0.15, 0.2) is 0 Å². The first-order chi connectivity index (χ1) is 8.52. The van der Waals surface area contributed by atoms with Gasteiger partial charge in [-0.1, -0.05) is 26.3 Å². The minimum absolute atomic E-state index is 0.000532. The van der Waals surface area contributed by atoms with Crippen molar-refractivity contribution >= 4 is 34.7 Å². The van der Waals surface area contributed by atoms with Crippen molar-refractivity contribution in [3.8, 4) is 0 Å². The Balaban J connectivity index is 2.67. The highest BCUT2D eigenvalue weighted by Crippen LogP contribution is 2.16. The Morgan fingerprint density at radius 2 is 2.00 bits per heavy atom. The number of amides is 1. The number of carbonyl (C=O) groups is 1. The van der Waals surface area contributed by atoms with Gasteiger partial charge in [0.1, 0.15) is 0 Å². The molecule has 0 spiro atoms. The van der Waals surface area contributed by atoms with E-state index in [-0.39, 0.29) is 17.0 Å². The van der Waals surface area contributed by atoms with E-state index in [2.05, 4.69) is 29.8 Å². The lowest BCUT2D eigenvalue weighted by Crippen LogP contribution is -2.20. The predicted molar refractivity (Wildman–Crippen MR) is 78.0 cm³/mol. The number of hydrogen-bond acceptors (Lipinski definition) is 2. The molecule has 0 saturated heterocycles. The van der Waals surface area contributed by atoms with Crippen molar-refractivity contribution < 1.29 is 9.90 Å². The first-order valence-corrected chi connectivity index (χ1v) is 6.34. The zero-order valence-corrected chi connectivity index (χ0v) is 11.4. The third kappa shape index (κ3) is 4.71. The molecule has 0 bridgehead atoms. The number of aliphatic hydroxyl groups is 1. The van der Waals surface area contributed by atoms with E-state index in [4.69, 9.17) is 5.11 Å². The van der Waals surface area contributed by atoms with E-state index in [0.29, 0.717) is 11.4 Å². The standard InChI is InChI=1S/C13H18N2O2S/c1-3-5-9(2)12(16)14-10-6-4-7-11(8-10)15-13(17)18/h4,6-9H,3,5H2,1-2H3,(H,14,16)(H2,15,17,18). The summed E-state index contributed by atoms with van der Waals surface area (Å²) >= 11 is 4.54. The van der Waals surface area contributed by atoms with Crippen LogP contribution in [-0.2, 0) is 4.79 Å². The third-order valence-corrected chi connectivity index (χ3v) is 2.65. The lowest BCUT2D eigenvalue weighted by molar-refractivity contribution is -0.119. The van der Waals surface area contributed by atoms with Crippen molar-refractivity contribution in [2.45, 2.75) is 26.7 Å². The van der Waals surface area contributed by atoms with Gasteiger partial charge in [-0.2, -0.15) is 0 Å². The van der Waals surface area contributed by atoms with Crippen LogP contribution >= 0.6 is 12.2 Å². The topological polar surface area (TPSA) is 61.4 Å². The minimum Gasteiger partial charge on any atom is -0.486 e. The monoisotopic (exact) mass is 266 g/mol. The fraction of sp³-hybridized carbons (Fsp3) is 0.385. The van der Waals surface area contributed by atoms with E-state index in [9.17, 15) is 4.79 Å². The number of carbonyl (C=O) groups excluding carboxylic acids is 1. The summed E-state index contributed by atoms with van der Waals surface area (Å²) in [6, 6.07) is 7.05. The SMILES string of the molecule is CCCC(C)C(=O)Nc1cccc(NC(O)=S)c1. The Labute approximate surface area is 112 Å². The van der Waals surface area contributed by atoms with Crippen LogP contribution in [0.5, 0.6) is 0 Å². The molecule has 0 aliphatic rings. The first-order valence-electron chi connectivity index (χ1n) is 5.93. The molecule has 18 heavy (non-hydrogen) atoms. The molecule has 1 amide bonds. The summed E-state index contributed by atoms with van der Waals surface area (Å²) in [6.45, 7) is 3.96. The summed E-state index contributed by atoms with van der Waals surface area (Å²) in [7, 11) is 0. The van der Waals surface area contributed by atoms with Crippen LogP contribution in [0.3, 0.4) is 0 Å². The summed E-state index contributed by atoms with van der Waals surface area (Å²) in [6.07, 6.45) is 1.85. The van der Waals surface area contributed by atoms with E-state index < -0.39 is 0 Å². The van der Waals surface area contributed by atoms with Crippen LogP contribution < -0.4 is 10.6 Å². The van der Waals surface area contributed by atoms with Gasteiger partial charge < -0.3 is 15.7 Å². The molecule has 4 nitrogen and oxygen atoms in total. The fourth-order valence-electron chi connectivity index (χ4n) is 1.63. The quantitative estimate of drug-likeness (QED) is 0.715. The predicted octanol–water partition coefficient (Wildman–Crippen LogP) is 3.32. The zero-order chi connectivity index (χ0) is 13.5. The Morgan fingerprint density at radius 1 is 1.39 bits per heavy atom. The van der Waals surface area contributed by atoms with Crippen LogP contribution in [0.2, 0.25) is 0 Å². The number of anilines is 2. The molecule has 0 heterocycles. The Bertz CT molecular complexity index is 435. The van der Waals surface area contributed by atoms with E-state index in [1.165, 1.54) is 0 Å². The van der Waals surface area contributed by atoms with E-state index in [1.807, 2.05) is 6.92 Å². The highest BCUT2D eigenvalue weighted by molar-refractivity contribution is 7.80.